The lowest BCUT2D eigenvalue weighted by Crippen LogP contribution is -2.49. The Labute approximate surface area is 195 Å². The maximum absolute atomic E-state index is 14.5. The molecule has 0 spiro atoms. The average molecular weight is 478 g/mol. The molecule has 2 aromatic rings. The van der Waals surface area contributed by atoms with Crippen molar-refractivity contribution in [1.29, 1.82) is 0 Å². The van der Waals surface area contributed by atoms with Gasteiger partial charge in [-0.25, -0.2) is 9.18 Å². The molecule has 2 unspecified atom stereocenters. The molecule has 1 aromatic carbocycles. The van der Waals surface area contributed by atoms with Gasteiger partial charge in [0.25, 0.3) is 0 Å². The van der Waals surface area contributed by atoms with Crippen LogP contribution in [0.1, 0.15) is 43.5 Å². The number of alkyl carbamates (subject to hydrolysis) is 1. The van der Waals surface area contributed by atoms with Crippen molar-refractivity contribution in [2.75, 3.05) is 7.11 Å². The molecular weight excluding hydrogens is 452 g/mol. The number of nitrogens with zero attached hydrogens (tertiary/aromatic N) is 1. The van der Waals surface area contributed by atoms with Gasteiger partial charge in [-0.3, -0.25) is 4.98 Å². The highest BCUT2D eigenvalue weighted by Crippen LogP contribution is 2.40. The number of nitrogens with one attached hydrogen (secondary N) is 1. The van der Waals surface area contributed by atoms with Gasteiger partial charge in [-0.1, -0.05) is 24.3 Å². The molecule has 5 nitrogen and oxygen atoms in total. The van der Waals surface area contributed by atoms with E-state index in [-0.39, 0.29) is 23.6 Å². The molecule has 1 heterocycles. The molecule has 0 saturated carbocycles. The number of allylic oxidation sites excluding steroid dienone is 4. The molecule has 34 heavy (non-hydrogen) atoms. The molecule has 1 aromatic heterocycles. The van der Waals surface area contributed by atoms with Gasteiger partial charge in [-0.05, 0) is 68.5 Å². The Morgan fingerprint density at radius 1 is 1.18 bits per heavy atom. The van der Waals surface area contributed by atoms with E-state index in [0.717, 1.165) is 12.1 Å². The Kier molecular flexibility index (Phi) is 7.64. The molecule has 0 aliphatic heterocycles. The predicted molar refractivity (Wildman–Crippen MR) is 119 cm³/mol. The summed E-state index contributed by atoms with van der Waals surface area (Å²) >= 11 is 0. The molecule has 3 rings (SSSR count). The number of ether oxygens (including phenoxy) is 2. The van der Waals surface area contributed by atoms with Gasteiger partial charge < -0.3 is 14.8 Å². The Balaban J connectivity index is 2.24. The third-order valence-electron chi connectivity index (χ3n) is 5.42. The van der Waals surface area contributed by atoms with Gasteiger partial charge in [0.2, 0.25) is 0 Å². The Hall–Kier alpha value is -3.36. The first-order valence-electron chi connectivity index (χ1n) is 10.7. The summed E-state index contributed by atoms with van der Waals surface area (Å²) in [5, 5.41) is 2.73. The molecule has 0 saturated heterocycles. The second kappa shape index (κ2) is 10.3. The zero-order valence-corrected chi connectivity index (χ0v) is 19.0. The zero-order chi connectivity index (χ0) is 24.9. The van der Waals surface area contributed by atoms with Crippen LogP contribution in [0, 0.1) is 11.7 Å². The van der Waals surface area contributed by atoms with Crippen LogP contribution >= 0.6 is 0 Å². The molecule has 2 atom stereocenters. The van der Waals surface area contributed by atoms with Gasteiger partial charge in [0, 0.05) is 0 Å². The summed E-state index contributed by atoms with van der Waals surface area (Å²) < 4.78 is 65.7. The maximum atomic E-state index is 14.5. The third-order valence-corrected chi connectivity index (χ3v) is 5.42. The minimum absolute atomic E-state index is 0.0962. The number of benzene rings is 1. The lowest BCUT2D eigenvalue weighted by molar-refractivity contribution is -0.137. The molecular formula is C25H26F4N2O3. The number of alkyl halides is 3. The lowest BCUT2D eigenvalue weighted by Gasteiger charge is -2.37. The smallest absolute Gasteiger partial charge is 0.416 e. The van der Waals surface area contributed by atoms with Gasteiger partial charge in [0.05, 0.1) is 30.7 Å². The first kappa shape index (κ1) is 25.3. The lowest BCUT2D eigenvalue weighted by atomic mass is 9.76. The third kappa shape index (κ3) is 5.95. The second-order valence-electron chi connectivity index (χ2n) is 8.31. The number of hydrogen-bond acceptors (Lipinski definition) is 4. The molecule has 0 radical (unpaired) electrons. The van der Waals surface area contributed by atoms with Crippen molar-refractivity contribution in [3.63, 3.8) is 0 Å². The van der Waals surface area contributed by atoms with Gasteiger partial charge in [-0.2, -0.15) is 13.2 Å². The van der Waals surface area contributed by atoms with Gasteiger partial charge in [0.15, 0.2) is 0 Å². The zero-order valence-electron chi connectivity index (χ0n) is 19.0. The monoisotopic (exact) mass is 478 g/mol. The van der Waals surface area contributed by atoms with E-state index >= 15 is 0 Å². The van der Waals surface area contributed by atoms with Gasteiger partial charge in [0.1, 0.15) is 17.1 Å². The van der Waals surface area contributed by atoms with E-state index in [2.05, 4.69) is 10.3 Å². The summed E-state index contributed by atoms with van der Waals surface area (Å²) in [4.78, 5) is 17.2. The quantitative estimate of drug-likeness (QED) is 0.485. The number of carbonyl (C=O) groups excluding carboxylic acids is 1. The van der Waals surface area contributed by atoms with Crippen molar-refractivity contribution in [2.24, 2.45) is 5.92 Å². The standard InChI is InChI=1S/C25H26F4N2O3/c1-16(2)34-23(32)31-24(14-17-7-5-4-6-8-17,22-10-9-21(33-3)15-30-22)18-11-19(25(27,28)29)13-20(26)12-18/h4-7,9-13,15-17H,8,14H2,1-3H3,(H,31,32). The molecule has 9 heteroatoms. The highest BCUT2D eigenvalue weighted by atomic mass is 19.4. The predicted octanol–water partition coefficient (Wildman–Crippen LogP) is 6.15. The number of aromatic nitrogens is 1. The highest BCUT2D eigenvalue weighted by molar-refractivity contribution is 5.70. The van der Waals surface area contributed by atoms with E-state index < -0.39 is 35.3 Å². The van der Waals surface area contributed by atoms with Crippen LogP contribution in [0.5, 0.6) is 5.75 Å². The van der Waals surface area contributed by atoms with Crippen molar-refractivity contribution in [3.8, 4) is 5.75 Å². The number of pyridine rings is 1. The fraction of sp³-hybridized carbons (Fsp3) is 0.360. The first-order valence-corrected chi connectivity index (χ1v) is 10.7. The van der Waals surface area contributed by atoms with Crippen LogP contribution in [-0.4, -0.2) is 24.3 Å². The van der Waals surface area contributed by atoms with Crippen molar-refractivity contribution < 1.29 is 31.8 Å². The molecule has 1 aliphatic rings. The van der Waals surface area contributed by atoms with Crippen LogP contribution < -0.4 is 10.1 Å². The average Bonchev–Trinajstić information content (AvgIpc) is 2.78. The van der Waals surface area contributed by atoms with Crippen LogP contribution in [0.3, 0.4) is 0 Å². The van der Waals surface area contributed by atoms with Gasteiger partial charge >= 0.3 is 12.3 Å². The SMILES string of the molecule is COc1ccc(C(CC2C=CC=CC2)(NC(=O)OC(C)C)c2cc(F)cc(C(F)(F)F)c2)nc1. The van der Waals surface area contributed by atoms with E-state index in [1.54, 1.807) is 19.9 Å². The fourth-order valence-electron chi connectivity index (χ4n) is 3.90. The Morgan fingerprint density at radius 3 is 2.47 bits per heavy atom. The van der Waals surface area contributed by atoms with E-state index in [1.165, 1.54) is 19.4 Å². The molecule has 0 fully saturated rings. The van der Waals surface area contributed by atoms with Crippen molar-refractivity contribution in [1.82, 2.24) is 10.3 Å². The molecule has 1 amide bonds. The van der Waals surface area contributed by atoms with Crippen molar-refractivity contribution >= 4 is 6.09 Å². The van der Waals surface area contributed by atoms with Crippen LogP contribution in [-0.2, 0) is 16.5 Å². The molecule has 1 aliphatic carbocycles. The Bertz CT molecular complexity index is 1060. The maximum Gasteiger partial charge on any atom is 0.416 e. The van der Waals surface area contributed by atoms with E-state index in [4.69, 9.17) is 9.47 Å². The fourth-order valence-corrected chi connectivity index (χ4v) is 3.90. The minimum Gasteiger partial charge on any atom is -0.495 e. The number of amides is 1. The summed E-state index contributed by atoms with van der Waals surface area (Å²) in [5.74, 6) is -0.843. The van der Waals surface area contributed by atoms with Crippen molar-refractivity contribution in [3.05, 3.63) is 83.5 Å². The Morgan fingerprint density at radius 2 is 1.91 bits per heavy atom. The molecule has 182 valence electrons. The summed E-state index contributed by atoms with van der Waals surface area (Å²) in [7, 11) is 1.45. The largest absolute Gasteiger partial charge is 0.495 e. The summed E-state index contributed by atoms with van der Waals surface area (Å²) in [5.41, 5.74) is -2.67. The highest BCUT2D eigenvalue weighted by Gasteiger charge is 2.42. The number of hydrogen-bond donors (Lipinski definition) is 1. The first-order chi connectivity index (χ1) is 16.0. The van der Waals surface area contributed by atoms with E-state index in [1.807, 2.05) is 24.3 Å². The van der Waals surface area contributed by atoms with Gasteiger partial charge in [-0.15, -0.1) is 0 Å². The number of halogens is 4. The van der Waals surface area contributed by atoms with Crippen LogP contribution in [0.15, 0.2) is 60.8 Å². The van der Waals surface area contributed by atoms with Crippen LogP contribution in [0.4, 0.5) is 22.4 Å². The van der Waals surface area contributed by atoms with E-state index in [9.17, 15) is 22.4 Å². The molecule has 1 N–H and O–H groups in total. The minimum atomic E-state index is -4.79. The van der Waals surface area contributed by atoms with Crippen molar-refractivity contribution in [2.45, 2.75) is 44.5 Å². The number of carbonyl (C=O) groups is 1. The van der Waals surface area contributed by atoms with Crippen LogP contribution in [0.25, 0.3) is 0 Å². The summed E-state index contributed by atoms with van der Waals surface area (Å²) in [6, 6.07) is 5.36. The summed E-state index contributed by atoms with van der Waals surface area (Å²) in [6.45, 7) is 3.29. The second-order valence-corrected chi connectivity index (χ2v) is 8.31. The number of methoxy groups -OCH3 is 1. The normalized spacial score (nSPS) is 17.4. The number of rotatable bonds is 7. The summed E-state index contributed by atoms with van der Waals surface area (Å²) in [6.07, 6.45) is 3.42. The topological polar surface area (TPSA) is 60.5 Å². The van der Waals surface area contributed by atoms with E-state index in [0.29, 0.717) is 18.2 Å². The molecule has 0 bridgehead atoms. The van der Waals surface area contributed by atoms with Crippen LogP contribution in [0.2, 0.25) is 0 Å².